The van der Waals surface area contributed by atoms with E-state index in [2.05, 4.69) is 36.5 Å². The van der Waals surface area contributed by atoms with Crippen molar-refractivity contribution < 1.29 is 17.9 Å². The van der Waals surface area contributed by atoms with Gasteiger partial charge in [0.25, 0.3) is 0 Å². The first-order chi connectivity index (χ1) is 14.3. The summed E-state index contributed by atoms with van der Waals surface area (Å²) in [6.45, 7) is 5.37. The van der Waals surface area contributed by atoms with E-state index in [0.29, 0.717) is 31.0 Å². The van der Waals surface area contributed by atoms with Crippen molar-refractivity contribution in [1.29, 1.82) is 0 Å². The summed E-state index contributed by atoms with van der Waals surface area (Å²) in [4.78, 5) is 12.1. The summed E-state index contributed by atoms with van der Waals surface area (Å²) in [6, 6.07) is 15.3. The average Bonchev–Trinajstić information content (AvgIpc) is 2.70. The molecule has 0 fully saturated rings. The van der Waals surface area contributed by atoms with Crippen LogP contribution in [0.5, 0.6) is 5.75 Å². The normalized spacial score (nSPS) is 11.2. The number of anilines is 1. The molecule has 30 heavy (non-hydrogen) atoms. The lowest BCUT2D eigenvalue weighted by molar-refractivity contribution is -0.121. The SMILES string of the molecule is CCOc1ccc(N(CCCC(=O)NCCCc2ccc(C)cc2)S(C)(=O)=O)cc1. The summed E-state index contributed by atoms with van der Waals surface area (Å²) in [5.74, 6) is 0.638. The molecule has 0 aliphatic heterocycles. The maximum Gasteiger partial charge on any atom is 0.232 e. The number of nitrogens with zero attached hydrogens (tertiary/aromatic N) is 1. The first-order valence-electron chi connectivity index (χ1n) is 10.3. The monoisotopic (exact) mass is 432 g/mol. The molecule has 7 heteroatoms. The Morgan fingerprint density at radius 1 is 1.03 bits per heavy atom. The summed E-state index contributed by atoms with van der Waals surface area (Å²) in [5.41, 5.74) is 3.06. The van der Waals surface area contributed by atoms with Gasteiger partial charge < -0.3 is 10.1 Å². The Kier molecular flexibility index (Phi) is 9.17. The predicted octanol–water partition coefficient (Wildman–Crippen LogP) is 3.69. The standard InChI is InChI=1S/C23H32N2O4S/c1-4-29-22-15-13-21(14-16-22)25(30(3,27)28)18-6-8-23(26)24-17-5-7-20-11-9-19(2)10-12-20/h9-16H,4-8,17-18H2,1-3H3,(H,24,26). The summed E-state index contributed by atoms with van der Waals surface area (Å²) in [6.07, 6.45) is 3.70. The molecule has 2 rings (SSSR count). The highest BCUT2D eigenvalue weighted by Crippen LogP contribution is 2.22. The second kappa shape index (κ2) is 11.6. The van der Waals surface area contributed by atoms with E-state index in [4.69, 9.17) is 4.74 Å². The number of carbonyl (C=O) groups excluding carboxylic acids is 1. The molecule has 0 unspecified atom stereocenters. The minimum absolute atomic E-state index is 0.0564. The topological polar surface area (TPSA) is 75.7 Å². The number of sulfonamides is 1. The van der Waals surface area contributed by atoms with Gasteiger partial charge in [0.15, 0.2) is 0 Å². The first kappa shape index (κ1) is 23.7. The van der Waals surface area contributed by atoms with Crippen LogP contribution in [0.4, 0.5) is 5.69 Å². The van der Waals surface area contributed by atoms with E-state index in [-0.39, 0.29) is 18.9 Å². The molecule has 0 atom stereocenters. The second-order valence-electron chi connectivity index (χ2n) is 7.30. The van der Waals surface area contributed by atoms with Crippen LogP contribution in [0.25, 0.3) is 0 Å². The van der Waals surface area contributed by atoms with Gasteiger partial charge in [-0.05, 0) is 62.9 Å². The Bertz CT molecular complexity index is 894. The zero-order valence-corrected chi connectivity index (χ0v) is 18.9. The Hall–Kier alpha value is -2.54. The van der Waals surface area contributed by atoms with Gasteiger partial charge in [-0.2, -0.15) is 0 Å². The summed E-state index contributed by atoms with van der Waals surface area (Å²) in [5, 5.41) is 2.91. The van der Waals surface area contributed by atoms with E-state index < -0.39 is 10.0 Å². The number of benzene rings is 2. The van der Waals surface area contributed by atoms with Crippen LogP contribution in [-0.4, -0.2) is 40.3 Å². The molecule has 0 aliphatic rings. The third kappa shape index (κ3) is 8.06. The van der Waals surface area contributed by atoms with Gasteiger partial charge >= 0.3 is 0 Å². The minimum atomic E-state index is -3.43. The third-order valence-electron chi connectivity index (χ3n) is 4.69. The molecule has 1 amide bonds. The highest BCUT2D eigenvalue weighted by Gasteiger charge is 2.17. The Balaban J connectivity index is 1.76. The Morgan fingerprint density at radius 2 is 1.70 bits per heavy atom. The maximum absolute atomic E-state index is 12.2. The maximum atomic E-state index is 12.2. The zero-order chi connectivity index (χ0) is 22.0. The highest BCUT2D eigenvalue weighted by molar-refractivity contribution is 7.92. The summed E-state index contributed by atoms with van der Waals surface area (Å²) < 4.78 is 31.1. The highest BCUT2D eigenvalue weighted by atomic mass is 32.2. The largest absolute Gasteiger partial charge is 0.494 e. The first-order valence-corrected chi connectivity index (χ1v) is 12.2. The number of rotatable bonds is 12. The summed E-state index contributed by atoms with van der Waals surface area (Å²) in [7, 11) is -3.43. The average molecular weight is 433 g/mol. The number of hydrogen-bond acceptors (Lipinski definition) is 4. The van der Waals surface area contributed by atoms with Gasteiger partial charge in [0.05, 0.1) is 18.6 Å². The van der Waals surface area contributed by atoms with Crippen LogP contribution in [0.3, 0.4) is 0 Å². The quantitative estimate of drug-likeness (QED) is 0.519. The van der Waals surface area contributed by atoms with Gasteiger partial charge in [0.1, 0.15) is 5.75 Å². The van der Waals surface area contributed by atoms with Crippen molar-refractivity contribution in [3.63, 3.8) is 0 Å². The van der Waals surface area contributed by atoms with Crippen molar-refractivity contribution in [3.05, 3.63) is 59.7 Å². The van der Waals surface area contributed by atoms with Crippen molar-refractivity contribution in [1.82, 2.24) is 5.32 Å². The molecule has 2 aromatic carbocycles. The fraction of sp³-hybridized carbons (Fsp3) is 0.435. The fourth-order valence-corrected chi connectivity index (χ4v) is 4.07. The van der Waals surface area contributed by atoms with E-state index in [9.17, 15) is 13.2 Å². The molecule has 0 bridgehead atoms. The van der Waals surface area contributed by atoms with Crippen molar-refractivity contribution in [2.45, 2.75) is 39.5 Å². The van der Waals surface area contributed by atoms with Gasteiger partial charge in [-0.25, -0.2) is 8.42 Å². The smallest absolute Gasteiger partial charge is 0.232 e. The van der Waals surface area contributed by atoms with E-state index >= 15 is 0 Å². The van der Waals surface area contributed by atoms with Crippen LogP contribution in [-0.2, 0) is 21.2 Å². The van der Waals surface area contributed by atoms with Crippen LogP contribution in [0, 0.1) is 6.92 Å². The molecule has 0 heterocycles. The molecule has 0 radical (unpaired) electrons. The van der Waals surface area contributed by atoms with Gasteiger partial charge in [0, 0.05) is 19.5 Å². The van der Waals surface area contributed by atoms with Crippen LogP contribution in [0.15, 0.2) is 48.5 Å². The zero-order valence-electron chi connectivity index (χ0n) is 18.1. The van der Waals surface area contributed by atoms with Crippen molar-refractivity contribution in [2.75, 3.05) is 30.3 Å². The lowest BCUT2D eigenvalue weighted by atomic mass is 10.1. The fourth-order valence-electron chi connectivity index (χ4n) is 3.11. The Morgan fingerprint density at radius 3 is 2.30 bits per heavy atom. The van der Waals surface area contributed by atoms with Crippen LogP contribution >= 0.6 is 0 Å². The molecule has 0 spiro atoms. The molecule has 0 aromatic heterocycles. The number of aryl methyl sites for hydroxylation is 2. The predicted molar refractivity (Wildman–Crippen MR) is 122 cm³/mol. The van der Waals surface area contributed by atoms with Crippen LogP contribution in [0.2, 0.25) is 0 Å². The van der Waals surface area contributed by atoms with Gasteiger partial charge in [-0.15, -0.1) is 0 Å². The summed E-state index contributed by atoms with van der Waals surface area (Å²) >= 11 is 0. The van der Waals surface area contributed by atoms with Crippen molar-refractivity contribution >= 4 is 21.6 Å². The minimum Gasteiger partial charge on any atom is -0.494 e. The van der Waals surface area contributed by atoms with E-state index in [1.165, 1.54) is 21.7 Å². The second-order valence-corrected chi connectivity index (χ2v) is 9.21. The lowest BCUT2D eigenvalue weighted by Crippen LogP contribution is -2.32. The van der Waals surface area contributed by atoms with Gasteiger partial charge in [0.2, 0.25) is 15.9 Å². The van der Waals surface area contributed by atoms with Crippen molar-refractivity contribution in [3.8, 4) is 5.75 Å². The van der Waals surface area contributed by atoms with E-state index in [1.807, 2.05) is 6.92 Å². The van der Waals surface area contributed by atoms with Crippen LogP contribution in [0.1, 0.15) is 37.3 Å². The van der Waals surface area contributed by atoms with E-state index in [0.717, 1.165) is 12.8 Å². The van der Waals surface area contributed by atoms with Crippen molar-refractivity contribution in [2.24, 2.45) is 0 Å². The molecule has 0 saturated carbocycles. The molecular formula is C23H32N2O4S. The molecule has 0 aliphatic carbocycles. The molecule has 2 aromatic rings. The number of amides is 1. The number of ether oxygens (including phenoxy) is 1. The Labute approximate surface area is 180 Å². The lowest BCUT2D eigenvalue weighted by Gasteiger charge is -2.22. The van der Waals surface area contributed by atoms with Gasteiger partial charge in [-0.1, -0.05) is 29.8 Å². The molecule has 164 valence electrons. The number of hydrogen-bond donors (Lipinski definition) is 1. The molecule has 0 saturated heterocycles. The third-order valence-corrected chi connectivity index (χ3v) is 5.88. The van der Waals surface area contributed by atoms with Gasteiger partial charge in [-0.3, -0.25) is 9.10 Å². The molecular weight excluding hydrogens is 400 g/mol. The number of nitrogens with one attached hydrogen (secondary N) is 1. The number of carbonyl (C=O) groups is 1. The molecule has 1 N–H and O–H groups in total. The van der Waals surface area contributed by atoms with E-state index in [1.54, 1.807) is 24.3 Å². The van der Waals surface area contributed by atoms with Crippen LogP contribution < -0.4 is 14.4 Å². The molecule has 6 nitrogen and oxygen atoms in total.